The Bertz CT molecular complexity index is 907. The summed E-state index contributed by atoms with van der Waals surface area (Å²) in [6, 6.07) is 8.87. The van der Waals surface area contributed by atoms with Crippen LogP contribution in [0.25, 0.3) is 16.7 Å². The molecular formula is C14H12N4O2. The van der Waals surface area contributed by atoms with Crippen molar-refractivity contribution in [3.8, 4) is 5.69 Å². The van der Waals surface area contributed by atoms with Gasteiger partial charge in [0.2, 0.25) is 0 Å². The zero-order valence-corrected chi connectivity index (χ0v) is 10.8. The molecule has 3 N–H and O–H groups in total. The number of anilines is 1. The van der Waals surface area contributed by atoms with Crippen molar-refractivity contribution in [3.05, 3.63) is 62.9 Å². The highest BCUT2D eigenvalue weighted by molar-refractivity contribution is 5.78. The fourth-order valence-corrected chi connectivity index (χ4v) is 2.07. The molecule has 3 rings (SSSR count). The van der Waals surface area contributed by atoms with Gasteiger partial charge in [0.05, 0.1) is 23.0 Å². The van der Waals surface area contributed by atoms with Crippen LogP contribution in [-0.2, 0) is 0 Å². The zero-order valence-electron chi connectivity index (χ0n) is 10.8. The highest BCUT2D eigenvalue weighted by Gasteiger charge is 2.10. The van der Waals surface area contributed by atoms with Gasteiger partial charge >= 0.3 is 5.69 Å². The Morgan fingerprint density at radius 3 is 2.60 bits per heavy atom. The summed E-state index contributed by atoms with van der Waals surface area (Å²) >= 11 is 0. The minimum Gasteiger partial charge on any atom is -0.397 e. The predicted molar refractivity (Wildman–Crippen MR) is 77.1 cm³/mol. The number of H-pyrrole nitrogens is 1. The normalized spacial score (nSPS) is 10.8. The zero-order chi connectivity index (χ0) is 14.3. The summed E-state index contributed by atoms with van der Waals surface area (Å²) in [6.07, 6.45) is 1.42. The van der Waals surface area contributed by atoms with Crippen molar-refractivity contribution in [1.29, 1.82) is 0 Å². The van der Waals surface area contributed by atoms with E-state index in [1.807, 2.05) is 19.1 Å². The number of nitrogens with two attached hydrogens (primary N) is 1. The van der Waals surface area contributed by atoms with E-state index < -0.39 is 11.2 Å². The highest BCUT2D eigenvalue weighted by Crippen LogP contribution is 2.14. The minimum absolute atomic E-state index is 0.283. The molecule has 2 heterocycles. The van der Waals surface area contributed by atoms with Gasteiger partial charge in [-0.05, 0) is 25.1 Å². The lowest BCUT2D eigenvalue weighted by Gasteiger charge is -2.09. The molecule has 0 fully saturated rings. The summed E-state index contributed by atoms with van der Waals surface area (Å²) in [7, 11) is 0. The van der Waals surface area contributed by atoms with Gasteiger partial charge in [0.15, 0.2) is 5.65 Å². The van der Waals surface area contributed by atoms with E-state index in [4.69, 9.17) is 5.73 Å². The molecule has 3 aromatic rings. The number of nitrogen functional groups attached to an aromatic ring is 1. The average molecular weight is 268 g/mol. The number of fused-ring (bicyclic) bond motifs is 1. The number of pyridine rings is 1. The van der Waals surface area contributed by atoms with Gasteiger partial charge in [0.25, 0.3) is 5.56 Å². The van der Waals surface area contributed by atoms with E-state index in [9.17, 15) is 9.59 Å². The molecule has 0 atom stereocenters. The second kappa shape index (κ2) is 4.34. The summed E-state index contributed by atoms with van der Waals surface area (Å²) < 4.78 is 1.36. The van der Waals surface area contributed by atoms with E-state index in [1.54, 1.807) is 12.1 Å². The minimum atomic E-state index is -0.524. The van der Waals surface area contributed by atoms with Crippen LogP contribution in [0.5, 0.6) is 0 Å². The first kappa shape index (κ1) is 12.2. The maximum absolute atomic E-state index is 12.1. The molecule has 2 aromatic heterocycles. The molecule has 0 saturated heterocycles. The second-order valence-electron chi connectivity index (χ2n) is 4.57. The van der Waals surface area contributed by atoms with Crippen LogP contribution in [0, 0.1) is 6.92 Å². The lowest BCUT2D eigenvalue weighted by Crippen LogP contribution is -2.29. The van der Waals surface area contributed by atoms with Crippen LogP contribution in [0.4, 0.5) is 5.69 Å². The summed E-state index contributed by atoms with van der Waals surface area (Å²) in [5, 5.41) is 0.283. The standard InChI is InChI=1S/C14H12N4O2/c1-8-2-4-10(5-3-8)18-12-11(6-9(15)7-16-12)13(19)17-14(18)20/h2-7H,15H2,1H3,(H,17,19,20). The Kier molecular flexibility index (Phi) is 2.64. The van der Waals surface area contributed by atoms with Crippen LogP contribution >= 0.6 is 0 Å². The molecule has 0 saturated carbocycles. The molecule has 0 spiro atoms. The third kappa shape index (κ3) is 1.87. The Labute approximate surface area is 113 Å². The number of aromatic amines is 1. The third-order valence-electron chi connectivity index (χ3n) is 3.06. The number of nitrogens with one attached hydrogen (secondary N) is 1. The largest absolute Gasteiger partial charge is 0.397 e. The van der Waals surface area contributed by atoms with Crippen molar-refractivity contribution < 1.29 is 0 Å². The Morgan fingerprint density at radius 1 is 1.20 bits per heavy atom. The maximum Gasteiger partial charge on any atom is 0.334 e. The third-order valence-corrected chi connectivity index (χ3v) is 3.06. The fraction of sp³-hybridized carbons (Fsp3) is 0.0714. The van der Waals surface area contributed by atoms with Gasteiger partial charge in [-0.1, -0.05) is 17.7 Å². The van der Waals surface area contributed by atoms with E-state index in [-0.39, 0.29) is 11.0 Å². The van der Waals surface area contributed by atoms with Crippen LogP contribution in [-0.4, -0.2) is 14.5 Å². The first-order valence-electron chi connectivity index (χ1n) is 6.04. The SMILES string of the molecule is Cc1ccc(-n2c(=O)[nH]c(=O)c3cc(N)cnc32)cc1. The van der Waals surface area contributed by atoms with Crippen molar-refractivity contribution in [2.75, 3.05) is 5.73 Å². The molecule has 0 unspecified atom stereocenters. The predicted octanol–water partition coefficient (Wildman–Crippen LogP) is 0.965. The molecule has 100 valence electrons. The van der Waals surface area contributed by atoms with Gasteiger partial charge in [0, 0.05) is 0 Å². The molecule has 0 aliphatic rings. The van der Waals surface area contributed by atoms with Crippen molar-refractivity contribution in [3.63, 3.8) is 0 Å². The van der Waals surface area contributed by atoms with Gasteiger partial charge in [-0.15, -0.1) is 0 Å². The monoisotopic (exact) mass is 268 g/mol. The molecule has 6 nitrogen and oxygen atoms in total. The number of aryl methyl sites for hydroxylation is 1. The Morgan fingerprint density at radius 2 is 1.90 bits per heavy atom. The van der Waals surface area contributed by atoms with Gasteiger partial charge < -0.3 is 5.73 Å². The van der Waals surface area contributed by atoms with Crippen LogP contribution < -0.4 is 17.0 Å². The quantitative estimate of drug-likeness (QED) is 0.687. The van der Waals surface area contributed by atoms with Gasteiger partial charge in [-0.25, -0.2) is 14.3 Å². The van der Waals surface area contributed by atoms with Crippen LogP contribution in [0.3, 0.4) is 0 Å². The van der Waals surface area contributed by atoms with Gasteiger partial charge in [0.1, 0.15) is 0 Å². The van der Waals surface area contributed by atoms with E-state index >= 15 is 0 Å². The second-order valence-corrected chi connectivity index (χ2v) is 4.57. The number of hydrogen-bond donors (Lipinski definition) is 2. The first-order chi connectivity index (χ1) is 9.56. The van der Waals surface area contributed by atoms with Gasteiger partial charge in [-0.3, -0.25) is 9.78 Å². The molecular weight excluding hydrogens is 256 g/mol. The van der Waals surface area contributed by atoms with E-state index in [0.717, 1.165) is 5.56 Å². The van der Waals surface area contributed by atoms with Crippen molar-refractivity contribution in [2.45, 2.75) is 6.92 Å². The van der Waals surface area contributed by atoms with E-state index in [1.165, 1.54) is 16.8 Å². The van der Waals surface area contributed by atoms with Crippen LogP contribution in [0.2, 0.25) is 0 Å². The van der Waals surface area contributed by atoms with Crippen molar-refractivity contribution in [2.24, 2.45) is 0 Å². The highest BCUT2D eigenvalue weighted by atomic mass is 16.2. The molecule has 1 aromatic carbocycles. The molecule has 6 heteroatoms. The topological polar surface area (TPSA) is 93.8 Å². The molecule has 0 aliphatic heterocycles. The molecule has 20 heavy (non-hydrogen) atoms. The van der Waals surface area contributed by atoms with Crippen LogP contribution in [0.1, 0.15) is 5.56 Å². The number of rotatable bonds is 1. The van der Waals surface area contributed by atoms with Crippen molar-refractivity contribution >= 4 is 16.7 Å². The first-order valence-corrected chi connectivity index (χ1v) is 6.04. The number of benzene rings is 1. The Hall–Kier alpha value is -2.89. The lowest BCUT2D eigenvalue weighted by atomic mass is 10.2. The summed E-state index contributed by atoms with van der Waals surface area (Å²) in [5.74, 6) is 0. The number of hydrogen-bond acceptors (Lipinski definition) is 4. The molecule has 0 aliphatic carbocycles. The Balaban J connectivity index is 2.44. The summed E-state index contributed by atoms with van der Waals surface area (Å²) in [6.45, 7) is 1.95. The maximum atomic E-state index is 12.1. The smallest absolute Gasteiger partial charge is 0.334 e. The van der Waals surface area contributed by atoms with E-state index in [2.05, 4.69) is 9.97 Å². The van der Waals surface area contributed by atoms with Crippen molar-refractivity contribution in [1.82, 2.24) is 14.5 Å². The summed E-state index contributed by atoms with van der Waals surface area (Å²) in [5.41, 5.74) is 7.00. The fourth-order valence-electron chi connectivity index (χ4n) is 2.07. The van der Waals surface area contributed by atoms with Crippen LogP contribution in [0.15, 0.2) is 46.1 Å². The number of nitrogens with zero attached hydrogens (tertiary/aromatic N) is 2. The summed E-state index contributed by atoms with van der Waals surface area (Å²) in [4.78, 5) is 30.3. The average Bonchev–Trinajstić information content (AvgIpc) is 2.41. The molecule has 0 radical (unpaired) electrons. The molecule has 0 amide bonds. The van der Waals surface area contributed by atoms with E-state index in [0.29, 0.717) is 11.4 Å². The molecule has 0 bridgehead atoms. The lowest BCUT2D eigenvalue weighted by molar-refractivity contribution is 0.925. The number of aromatic nitrogens is 3. The van der Waals surface area contributed by atoms with Gasteiger partial charge in [-0.2, -0.15) is 0 Å².